The Morgan fingerprint density at radius 1 is 1.12 bits per heavy atom. The van der Waals surface area contributed by atoms with Gasteiger partial charge in [-0.1, -0.05) is 52.8 Å². The third kappa shape index (κ3) is 7.17. The molecule has 0 bridgehead atoms. The molecule has 2 aliphatic rings. The normalized spacial score (nSPS) is 27.2. The van der Waals surface area contributed by atoms with E-state index < -0.39 is 18.2 Å². The zero-order valence-corrected chi connectivity index (χ0v) is 20.2. The summed E-state index contributed by atoms with van der Waals surface area (Å²) in [6, 6.07) is 0. The van der Waals surface area contributed by atoms with Gasteiger partial charge in [0.15, 0.2) is 0 Å². The van der Waals surface area contributed by atoms with Crippen molar-refractivity contribution in [3.8, 4) is 0 Å². The van der Waals surface area contributed by atoms with Crippen LogP contribution < -0.4 is 0 Å². The molecule has 0 aromatic rings. The number of ether oxygens (including phenoxy) is 1. The number of aliphatic hydroxyl groups is 2. The van der Waals surface area contributed by atoms with Crippen LogP contribution in [0.5, 0.6) is 0 Å². The maximum Gasteiger partial charge on any atom is 0.309 e. The largest absolute Gasteiger partial charge is 0.481 e. The van der Waals surface area contributed by atoms with Gasteiger partial charge in [-0.25, -0.2) is 0 Å². The van der Waals surface area contributed by atoms with E-state index in [1.54, 1.807) is 0 Å². The van der Waals surface area contributed by atoms with Gasteiger partial charge in [0.05, 0.1) is 24.5 Å². The summed E-state index contributed by atoms with van der Waals surface area (Å²) in [6.07, 6.45) is 7.18. The van der Waals surface area contributed by atoms with Gasteiger partial charge in [-0.05, 0) is 61.3 Å². The highest BCUT2D eigenvalue weighted by molar-refractivity contribution is 5.73. The number of carboxylic acids is 1. The summed E-state index contributed by atoms with van der Waals surface area (Å²) in [4.78, 5) is 23.8. The Balaban J connectivity index is 2.09. The molecule has 0 heterocycles. The Morgan fingerprint density at radius 3 is 2.38 bits per heavy atom. The van der Waals surface area contributed by atoms with Crippen molar-refractivity contribution in [1.82, 2.24) is 0 Å². The Morgan fingerprint density at radius 2 is 1.78 bits per heavy atom. The fraction of sp³-hybridized carbons (Fsp3) is 0.769. The highest BCUT2D eigenvalue weighted by atomic mass is 16.5. The first-order valence-electron chi connectivity index (χ1n) is 12.2. The second kappa shape index (κ2) is 12.0. The molecule has 0 saturated heterocycles. The minimum Gasteiger partial charge on any atom is -0.481 e. The van der Waals surface area contributed by atoms with Crippen molar-refractivity contribution in [3.63, 3.8) is 0 Å². The van der Waals surface area contributed by atoms with Crippen LogP contribution in [0.4, 0.5) is 0 Å². The van der Waals surface area contributed by atoms with E-state index in [1.807, 2.05) is 0 Å². The molecule has 32 heavy (non-hydrogen) atoms. The second-order valence-corrected chi connectivity index (χ2v) is 10.4. The summed E-state index contributed by atoms with van der Waals surface area (Å²) in [5, 5.41) is 29.0. The quantitative estimate of drug-likeness (QED) is 0.404. The third-order valence-electron chi connectivity index (χ3n) is 7.11. The number of aliphatic carboxylic acids is 1. The maximum atomic E-state index is 13.1. The molecular formula is C26H42O6. The number of hydrogen-bond donors (Lipinski definition) is 3. The molecule has 0 fully saturated rings. The molecule has 2 aliphatic carbocycles. The number of hydrogen-bond acceptors (Lipinski definition) is 5. The van der Waals surface area contributed by atoms with E-state index >= 15 is 0 Å². The average Bonchev–Trinajstić information content (AvgIpc) is 2.66. The van der Waals surface area contributed by atoms with Gasteiger partial charge in [-0.15, -0.1) is 0 Å². The van der Waals surface area contributed by atoms with Crippen LogP contribution in [-0.2, 0) is 14.3 Å². The first-order chi connectivity index (χ1) is 15.0. The number of carbonyl (C=O) groups excluding carboxylic acids is 1. The SMILES string of the molecule is CC(C)C(C(=O)OC1CCC=C2C=CC(C)C(CCC(O)CC(O)CC(=O)O)C21)C(C)C. The second-order valence-electron chi connectivity index (χ2n) is 10.4. The topological polar surface area (TPSA) is 104 Å². The number of rotatable bonds is 11. The minimum atomic E-state index is -1.07. The van der Waals surface area contributed by atoms with Crippen molar-refractivity contribution in [2.75, 3.05) is 0 Å². The van der Waals surface area contributed by atoms with Gasteiger partial charge in [-0.2, -0.15) is 0 Å². The molecular weight excluding hydrogens is 408 g/mol. The number of fused-ring (bicyclic) bond motifs is 1. The lowest BCUT2D eigenvalue weighted by Crippen LogP contribution is -2.41. The number of allylic oxidation sites excluding steroid dienone is 3. The van der Waals surface area contributed by atoms with E-state index in [-0.39, 0.29) is 60.4 Å². The van der Waals surface area contributed by atoms with Gasteiger partial charge in [0.25, 0.3) is 0 Å². The Kier molecular flexibility index (Phi) is 9.96. The van der Waals surface area contributed by atoms with Crippen molar-refractivity contribution < 1.29 is 29.6 Å². The van der Waals surface area contributed by atoms with Gasteiger partial charge in [0.1, 0.15) is 6.10 Å². The van der Waals surface area contributed by atoms with Crippen molar-refractivity contribution in [2.45, 2.75) is 91.5 Å². The van der Waals surface area contributed by atoms with E-state index in [1.165, 1.54) is 5.57 Å². The molecule has 6 heteroatoms. The van der Waals surface area contributed by atoms with Crippen LogP contribution in [0.2, 0.25) is 0 Å². The van der Waals surface area contributed by atoms with E-state index in [2.05, 4.69) is 52.8 Å². The van der Waals surface area contributed by atoms with Crippen LogP contribution in [-0.4, -0.2) is 45.6 Å². The summed E-state index contributed by atoms with van der Waals surface area (Å²) >= 11 is 0. The van der Waals surface area contributed by atoms with E-state index in [9.17, 15) is 19.8 Å². The molecule has 6 unspecified atom stereocenters. The Labute approximate surface area is 192 Å². The highest BCUT2D eigenvalue weighted by Gasteiger charge is 2.41. The predicted molar refractivity (Wildman–Crippen MR) is 124 cm³/mol. The summed E-state index contributed by atoms with van der Waals surface area (Å²) in [5.74, 6) is -0.284. The fourth-order valence-electron chi connectivity index (χ4n) is 5.60. The van der Waals surface area contributed by atoms with Gasteiger partial charge < -0.3 is 20.1 Å². The third-order valence-corrected chi connectivity index (χ3v) is 7.11. The van der Waals surface area contributed by atoms with Crippen LogP contribution in [0.25, 0.3) is 0 Å². The Bertz CT molecular complexity index is 686. The number of aliphatic hydroxyl groups excluding tert-OH is 2. The van der Waals surface area contributed by atoms with Crippen molar-refractivity contribution >= 4 is 11.9 Å². The molecule has 0 aromatic carbocycles. The first kappa shape index (κ1) is 26.6. The van der Waals surface area contributed by atoms with Crippen LogP contribution in [0.15, 0.2) is 23.8 Å². The molecule has 0 aliphatic heterocycles. The average molecular weight is 451 g/mol. The molecule has 6 nitrogen and oxygen atoms in total. The van der Waals surface area contributed by atoms with E-state index in [0.717, 1.165) is 19.3 Å². The molecule has 2 rings (SSSR count). The summed E-state index contributed by atoms with van der Waals surface area (Å²) in [7, 11) is 0. The number of carbonyl (C=O) groups is 2. The Hall–Kier alpha value is -1.66. The predicted octanol–water partition coefficient (Wildman–Crippen LogP) is 4.35. The zero-order chi connectivity index (χ0) is 24.0. The molecule has 0 amide bonds. The van der Waals surface area contributed by atoms with Gasteiger partial charge in [-0.3, -0.25) is 9.59 Å². The highest BCUT2D eigenvalue weighted by Crippen LogP contribution is 2.44. The summed E-state index contributed by atoms with van der Waals surface area (Å²) in [6.45, 7) is 10.4. The van der Waals surface area contributed by atoms with Gasteiger partial charge in [0, 0.05) is 5.92 Å². The summed E-state index contributed by atoms with van der Waals surface area (Å²) in [5.41, 5.74) is 1.21. The van der Waals surface area contributed by atoms with Crippen molar-refractivity contribution in [1.29, 1.82) is 0 Å². The minimum absolute atomic E-state index is 0.0550. The summed E-state index contributed by atoms with van der Waals surface area (Å²) < 4.78 is 6.16. The van der Waals surface area contributed by atoms with Gasteiger partial charge in [0.2, 0.25) is 0 Å². The number of esters is 1. The molecule has 182 valence electrons. The molecule has 3 N–H and O–H groups in total. The zero-order valence-electron chi connectivity index (χ0n) is 20.2. The fourth-order valence-corrected chi connectivity index (χ4v) is 5.60. The van der Waals surface area contributed by atoms with Gasteiger partial charge >= 0.3 is 11.9 Å². The standard InChI is InChI=1S/C26H42O6/c1-15(2)24(16(3)4)26(31)32-22-8-6-7-18-10-9-17(5)21(25(18)22)12-11-19(27)13-20(28)14-23(29)30/h7,9-10,15-17,19-22,24-25,27-28H,6,8,11-14H2,1-5H3,(H,29,30). The smallest absolute Gasteiger partial charge is 0.309 e. The van der Waals surface area contributed by atoms with Crippen molar-refractivity contribution in [3.05, 3.63) is 23.8 Å². The maximum absolute atomic E-state index is 13.1. The van der Waals surface area contributed by atoms with Crippen molar-refractivity contribution in [2.24, 2.45) is 35.5 Å². The molecule has 0 saturated carbocycles. The van der Waals surface area contributed by atoms with E-state index in [0.29, 0.717) is 6.42 Å². The monoisotopic (exact) mass is 450 g/mol. The van der Waals surface area contributed by atoms with E-state index in [4.69, 9.17) is 9.84 Å². The van der Waals surface area contributed by atoms with Crippen LogP contribution in [0.3, 0.4) is 0 Å². The lowest BCUT2D eigenvalue weighted by molar-refractivity contribution is -0.162. The molecule has 6 atom stereocenters. The van der Waals surface area contributed by atoms with Crippen LogP contribution in [0.1, 0.15) is 73.1 Å². The van der Waals surface area contributed by atoms with Crippen LogP contribution in [0, 0.1) is 35.5 Å². The molecule has 0 aromatic heterocycles. The van der Waals surface area contributed by atoms with Crippen LogP contribution >= 0.6 is 0 Å². The lowest BCUT2D eigenvalue weighted by atomic mass is 9.66. The first-order valence-corrected chi connectivity index (χ1v) is 12.2. The molecule has 0 radical (unpaired) electrons. The lowest BCUT2D eigenvalue weighted by Gasteiger charge is -2.42. The molecule has 0 spiro atoms. The number of carboxylic acid groups (broad SMARTS) is 1.